The fourth-order valence-corrected chi connectivity index (χ4v) is 0. The quantitative estimate of drug-likeness (QED) is 0.330. The Kier molecular flexibility index (Phi) is 15.9. The molecule has 0 unspecified atom stereocenters. The lowest BCUT2D eigenvalue weighted by molar-refractivity contribution is -0.871. The summed E-state index contributed by atoms with van der Waals surface area (Å²) >= 11 is 0. The molecule has 0 bridgehead atoms. The van der Waals surface area contributed by atoms with Crippen LogP contribution in [0.4, 0.5) is 0 Å². The molecule has 0 saturated carbocycles. The van der Waals surface area contributed by atoms with Crippen molar-refractivity contribution in [2.45, 2.75) is 0 Å². The van der Waals surface area contributed by atoms with Gasteiger partial charge < -0.3 is 12.4 Å². The predicted octanol–water partition coefficient (Wildman–Crippen LogP) is -4.25. The number of hydroxylamine groups is 1. The smallest absolute Gasteiger partial charge is 0.0952 e. The van der Waals surface area contributed by atoms with Gasteiger partial charge >= 0.3 is 0 Å². The molecule has 0 saturated heterocycles. The first-order chi connectivity index (χ1) is 1.91. The fraction of sp³-hybridized carbons (Fsp3) is 1.00. The van der Waals surface area contributed by atoms with Crippen LogP contribution in [-0.4, -0.2) is 14.2 Å². The van der Waals surface area contributed by atoms with E-state index in [1.807, 2.05) is 7.05 Å². The van der Waals surface area contributed by atoms with Gasteiger partial charge in [0, 0.05) is 0 Å². The summed E-state index contributed by atoms with van der Waals surface area (Å²) < 4.78 is 0. The van der Waals surface area contributed by atoms with Crippen LogP contribution in [0.5, 0.6) is 0 Å². The van der Waals surface area contributed by atoms with E-state index in [9.17, 15) is 0 Å². The normalized spacial score (nSPS) is 6.00. The molecule has 2 nitrogen and oxygen atoms in total. The van der Waals surface area contributed by atoms with E-state index >= 15 is 0 Å². The zero-order chi connectivity index (χ0) is 3.41. The Morgan fingerprint density at radius 2 is 1.80 bits per heavy atom. The average Bonchev–Trinajstić information content (AvgIpc) is 1.37. The van der Waals surface area contributed by atoms with Crippen molar-refractivity contribution in [1.29, 1.82) is 0 Å². The molecular weight excluding hydrogens is 89.5 g/mol. The zero-order valence-electron chi connectivity index (χ0n) is 3.36. The molecule has 0 heterocycles. The largest absolute Gasteiger partial charge is 1.00 e. The van der Waals surface area contributed by atoms with Gasteiger partial charge in [-0.2, -0.15) is 0 Å². The molecule has 0 radical (unpaired) electrons. The van der Waals surface area contributed by atoms with Gasteiger partial charge in [-0.05, 0) is 0 Å². The lowest BCUT2D eigenvalue weighted by Gasteiger charge is -1.75. The third-order valence-corrected chi connectivity index (χ3v) is 0.236. The Hall–Kier alpha value is 0.210. The number of hydrogen-bond donors (Lipinski definition) is 1. The summed E-state index contributed by atoms with van der Waals surface area (Å²) in [5.74, 6) is 0. The van der Waals surface area contributed by atoms with Gasteiger partial charge in [-0.1, -0.05) is 0 Å². The van der Waals surface area contributed by atoms with E-state index in [1.54, 1.807) is 12.6 Å². The molecule has 0 aliphatic heterocycles. The zero-order valence-corrected chi connectivity index (χ0v) is 4.12. The summed E-state index contributed by atoms with van der Waals surface area (Å²) in [7, 11) is 3.46. The van der Waals surface area contributed by atoms with Crippen LogP contribution >= 0.6 is 0 Å². The van der Waals surface area contributed by atoms with Crippen molar-refractivity contribution in [3.8, 4) is 0 Å². The molecule has 0 fully saturated rings. The molecule has 0 atom stereocenters. The van der Waals surface area contributed by atoms with Crippen LogP contribution < -0.4 is 17.9 Å². The molecule has 0 amide bonds. The molecule has 0 rings (SSSR count). The van der Waals surface area contributed by atoms with Gasteiger partial charge in [0.25, 0.3) is 0 Å². The Morgan fingerprint density at radius 1 is 1.60 bits per heavy atom. The van der Waals surface area contributed by atoms with Gasteiger partial charge in [-0.3, -0.25) is 0 Å². The van der Waals surface area contributed by atoms with E-state index in [2.05, 4.69) is 4.84 Å². The maximum absolute atomic E-state index is 4.42. The van der Waals surface area contributed by atoms with Crippen LogP contribution in [0, 0.1) is 0 Å². The van der Waals surface area contributed by atoms with E-state index in [-0.39, 0.29) is 12.4 Å². The summed E-state index contributed by atoms with van der Waals surface area (Å²) in [5.41, 5.74) is 1.62. The minimum Gasteiger partial charge on any atom is -1.00 e. The second-order valence-corrected chi connectivity index (χ2v) is 0.471. The minimum atomic E-state index is 0. The van der Waals surface area contributed by atoms with Crippen molar-refractivity contribution < 1.29 is 22.7 Å². The van der Waals surface area contributed by atoms with Gasteiger partial charge in [0.2, 0.25) is 0 Å². The first kappa shape index (κ1) is 8.96. The van der Waals surface area contributed by atoms with Crippen molar-refractivity contribution in [3.63, 3.8) is 0 Å². The van der Waals surface area contributed by atoms with E-state index in [0.29, 0.717) is 0 Å². The number of rotatable bonds is 1. The Bertz CT molecular complexity index is 11.6. The van der Waals surface area contributed by atoms with Gasteiger partial charge in [-0.15, -0.1) is 0 Å². The standard InChI is InChI=1S/C2H7NO.ClH/c1-3-4-2;/h3H,1-2H3;1H. The van der Waals surface area contributed by atoms with E-state index in [1.165, 1.54) is 0 Å². The highest BCUT2D eigenvalue weighted by Crippen LogP contribution is 1.12. The van der Waals surface area contributed by atoms with E-state index in [0.717, 1.165) is 0 Å². The molecule has 34 valence electrons. The molecule has 0 aromatic heterocycles. The molecule has 5 heavy (non-hydrogen) atoms. The monoisotopic (exact) mass is 97.0 g/mol. The molecule has 0 aromatic carbocycles. The fourth-order valence-electron chi connectivity index (χ4n) is 0. The summed E-state index contributed by atoms with van der Waals surface area (Å²) in [6.07, 6.45) is 0. The minimum absolute atomic E-state index is 0. The Balaban J connectivity index is 0. The second-order valence-electron chi connectivity index (χ2n) is 0.471. The molecule has 2 N–H and O–H groups in total. The molecule has 0 aliphatic carbocycles. The van der Waals surface area contributed by atoms with Gasteiger partial charge in [0.15, 0.2) is 0 Å². The predicted molar refractivity (Wildman–Crippen MR) is 14.9 cm³/mol. The summed E-state index contributed by atoms with van der Waals surface area (Å²) in [6, 6.07) is 0. The number of quaternary nitrogens is 1. The highest BCUT2D eigenvalue weighted by molar-refractivity contribution is 3.35. The van der Waals surface area contributed by atoms with E-state index < -0.39 is 0 Å². The maximum Gasteiger partial charge on any atom is 0.0952 e. The van der Waals surface area contributed by atoms with Crippen molar-refractivity contribution >= 4 is 0 Å². The third-order valence-electron chi connectivity index (χ3n) is 0.236. The Morgan fingerprint density at radius 3 is 1.80 bits per heavy atom. The van der Waals surface area contributed by atoms with Crippen LogP contribution in [-0.2, 0) is 4.84 Å². The van der Waals surface area contributed by atoms with Crippen LogP contribution in [0.25, 0.3) is 0 Å². The summed E-state index contributed by atoms with van der Waals surface area (Å²) in [5, 5.41) is 0. The molecule has 0 aliphatic rings. The van der Waals surface area contributed by atoms with Gasteiger partial charge in [0.05, 0.1) is 14.2 Å². The van der Waals surface area contributed by atoms with Crippen molar-refractivity contribution in [2.75, 3.05) is 14.2 Å². The molecule has 3 heteroatoms. The van der Waals surface area contributed by atoms with Crippen LogP contribution in [0.2, 0.25) is 0 Å². The molecule has 0 spiro atoms. The molecule has 0 aromatic rings. The number of hydrogen-bond acceptors (Lipinski definition) is 1. The highest BCUT2D eigenvalue weighted by Gasteiger charge is 1.50. The third kappa shape index (κ3) is 14.0. The summed E-state index contributed by atoms with van der Waals surface area (Å²) in [4.78, 5) is 4.42. The lowest BCUT2D eigenvalue weighted by Crippen LogP contribution is -3.00. The topological polar surface area (TPSA) is 25.8 Å². The highest BCUT2D eigenvalue weighted by atomic mass is 35.5. The van der Waals surface area contributed by atoms with E-state index in [4.69, 9.17) is 0 Å². The lowest BCUT2D eigenvalue weighted by atomic mass is 11.5. The Labute approximate surface area is 37.9 Å². The number of halogens is 1. The molecular formula is C2H8ClNO. The van der Waals surface area contributed by atoms with Crippen molar-refractivity contribution in [3.05, 3.63) is 0 Å². The van der Waals surface area contributed by atoms with Crippen molar-refractivity contribution in [2.24, 2.45) is 0 Å². The van der Waals surface area contributed by atoms with Crippen molar-refractivity contribution in [1.82, 2.24) is 0 Å². The first-order valence-corrected chi connectivity index (χ1v) is 1.22. The SMILES string of the molecule is C[NH2+]OC.[Cl-]. The van der Waals surface area contributed by atoms with Gasteiger partial charge in [-0.25, -0.2) is 10.3 Å². The average molecular weight is 97.5 g/mol. The van der Waals surface area contributed by atoms with Crippen LogP contribution in [0.1, 0.15) is 0 Å². The van der Waals surface area contributed by atoms with Crippen LogP contribution in [0.3, 0.4) is 0 Å². The maximum atomic E-state index is 4.42. The number of nitrogens with two attached hydrogens (primary N) is 1. The first-order valence-electron chi connectivity index (χ1n) is 1.22. The van der Waals surface area contributed by atoms with Crippen LogP contribution in [0.15, 0.2) is 0 Å². The summed E-state index contributed by atoms with van der Waals surface area (Å²) in [6.45, 7) is 0. The second kappa shape index (κ2) is 8.88. The van der Waals surface area contributed by atoms with Gasteiger partial charge in [0.1, 0.15) is 0 Å².